The molecule has 0 aromatic carbocycles. The first-order chi connectivity index (χ1) is 4.27. The van der Waals surface area contributed by atoms with Gasteiger partial charge in [-0.1, -0.05) is 42.4 Å². The van der Waals surface area contributed by atoms with Gasteiger partial charge in [-0.3, -0.25) is 0 Å². The minimum Gasteiger partial charge on any atom is -0.0864 e. The van der Waals surface area contributed by atoms with Gasteiger partial charge in [-0.05, 0) is 24.7 Å². The molecule has 0 amide bonds. The average Bonchev–Trinajstić information content (AvgIpc) is 2.16. The molecule has 0 aromatic heterocycles. The number of halogens is 1. The Kier molecular flexibility index (Phi) is 2.80. The highest BCUT2D eigenvalue weighted by Crippen LogP contribution is 2.40. The van der Waals surface area contributed by atoms with Gasteiger partial charge in [0, 0.05) is 4.43 Å². The van der Waals surface area contributed by atoms with Crippen LogP contribution >= 0.6 is 22.6 Å². The summed E-state index contributed by atoms with van der Waals surface area (Å²) in [7, 11) is 0. The van der Waals surface area contributed by atoms with Crippen LogP contribution in [0.4, 0.5) is 0 Å². The standard InChI is InChI=1S/C8H15I/c1-8(6-7-9)4-2-3-5-8/h2-7H2,1H3. The van der Waals surface area contributed by atoms with E-state index in [0.717, 1.165) is 5.41 Å². The Balaban J connectivity index is 2.32. The first-order valence-electron chi connectivity index (χ1n) is 3.83. The van der Waals surface area contributed by atoms with Crippen molar-refractivity contribution in [2.75, 3.05) is 4.43 Å². The Morgan fingerprint density at radius 3 is 2.33 bits per heavy atom. The van der Waals surface area contributed by atoms with Crippen LogP contribution < -0.4 is 0 Å². The fraction of sp³-hybridized carbons (Fsp3) is 1.00. The lowest BCUT2D eigenvalue weighted by Gasteiger charge is -2.21. The first-order valence-corrected chi connectivity index (χ1v) is 5.35. The molecule has 1 saturated carbocycles. The van der Waals surface area contributed by atoms with Gasteiger partial charge < -0.3 is 0 Å². The van der Waals surface area contributed by atoms with Crippen LogP contribution in [0, 0.1) is 5.41 Å². The molecule has 1 aliphatic rings. The second-order valence-corrected chi connectivity index (χ2v) is 4.54. The summed E-state index contributed by atoms with van der Waals surface area (Å²) in [5.74, 6) is 0. The van der Waals surface area contributed by atoms with E-state index in [9.17, 15) is 0 Å². The molecule has 0 aromatic rings. The van der Waals surface area contributed by atoms with Gasteiger partial charge in [0.2, 0.25) is 0 Å². The molecule has 1 heteroatoms. The fourth-order valence-electron chi connectivity index (χ4n) is 1.71. The van der Waals surface area contributed by atoms with Crippen LogP contribution in [-0.4, -0.2) is 4.43 Å². The highest BCUT2D eigenvalue weighted by Gasteiger charge is 2.27. The third kappa shape index (κ3) is 2.10. The SMILES string of the molecule is CC1(CCI)CCCC1. The molecule has 0 radical (unpaired) electrons. The Bertz CT molecular complexity index is 82.6. The van der Waals surface area contributed by atoms with Crippen molar-refractivity contribution in [3.63, 3.8) is 0 Å². The van der Waals surface area contributed by atoms with Crippen LogP contribution in [0.1, 0.15) is 39.0 Å². The summed E-state index contributed by atoms with van der Waals surface area (Å²) < 4.78 is 1.34. The first kappa shape index (κ1) is 7.83. The minimum absolute atomic E-state index is 0.737. The van der Waals surface area contributed by atoms with Crippen LogP contribution in [0.3, 0.4) is 0 Å². The summed E-state index contributed by atoms with van der Waals surface area (Å²) in [6.45, 7) is 2.44. The predicted octanol–water partition coefficient (Wildman–Crippen LogP) is 3.39. The lowest BCUT2D eigenvalue weighted by atomic mass is 9.86. The van der Waals surface area contributed by atoms with Gasteiger partial charge >= 0.3 is 0 Å². The fourth-order valence-corrected chi connectivity index (χ4v) is 3.01. The highest BCUT2D eigenvalue weighted by molar-refractivity contribution is 14.1. The van der Waals surface area contributed by atoms with Crippen molar-refractivity contribution in [1.82, 2.24) is 0 Å². The molecule has 0 atom stereocenters. The highest BCUT2D eigenvalue weighted by atomic mass is 127. The van der Waals surface area contributed by atoms with Crippen LogP contribution in [-0.2, 0) is 0 Å². The van der Waals surface area contributed by atoms with Crippen LogP contribution in [0.15, 0.2) is 0 Å². The Hall–Kier alpha value is 0.730. The van der Waals surface area contributed by atoms with Crippen molar-refractivity contribution < 1.29 is 0 Å². The lowest BCUT2D eigenvalue weighted by Crippen LogP contribution is -2.10. The molecule has 1 fully saturated rings. The summed E-state index contributed by atoms with van der Waals surface area (Å²) in [5, 5.41) is 0. The van der Waals surface area contributed by atoms with E-state index in [1.807, 2.05) is 0 Å². The van der Waals surface area contributed by atoms with Gasteiger partial charge in [-0.25, -0.2) is 0 Å². The van der Waals surface area contributed by atoms with Crippen molar-refractivity contribution in [2.24, 2.45) is 5.41 Å². The van der Waals surface area contributed by atoms with E-state index >= 15 is 0 Å². The van der Waals surface area contributed by atoms with Crippen molar-refractivity contribution in [2.45, 2.75) is 39.0 Å². The van der Waals surface area contributed by atoms with Crippen molar-refractivity contribution >= 4 is 22.6 Å². The zero-order chi connectivity index (χ0) is 6.74. The van der Waals surface area contributed by atoms with E-state index in [1.165, 1.54) is 36.5 Å². The molecular weight excluding hydrogens is 223 g/mol. The van der Waals surface area contributed by atoms with Gasteiger partial charge in [0.05, 0.1) is 0 Å². The Labute approximate surface area is 71.5 Å². The van der Waals surface area contributed by atoms with E-state index in [1.54, 1.807) is 0 Å². The van der Waals surface area contributed by atoms with Gasteiger partial charge in [0.1, 0.15) is 0 Å². The van der Waals surface area contributed by atoms with E-state index in [2.05, 4.69) is 29.5 Å². The minimum atomic E-state index is 0.737. The molecule has 0 saturated heterocycles. The van der Waals surface area contributed by atoms with Crippen molar-refractivity contribution in [1.29, 1.82) is 0 Å². The van der Waals surface area contributed by atoms with E-state index in [-0.39, 0.29) is 0 Å². The molecule has 9 heavy (non-hydrogen) atoms. The maximum absolute atomic E-state index is 2.49. The summed E-state index contributed by atoms with van der Waals surface area (Å²) in [5.41, 5.74) is 0.737. The molecule has 0 nitrogen and oxygen atoms in total. The second kappa shape index (κ2) is 3.22. The predicted molar refractivity (Wildman–Crippen MR) is 50.1 cm³/mol. The summed E-state index contributed by atoms with van der Waals surface area (Å²) >= 11 is 2.49. The largest absolute Gasteiger partial charge is 0.0864 e. The molecule has 0 spiro atoms. The average molecular weight is 238 g/mol. The van der Waals surface area contributed by atoms with Crippen LogP contribution in [0.5, 0.6) is 0 Å². The van der Waals surface area contributed by atoms with Crippen LogP contribution in [0.2, 0.25) is 0 Å². The topological polar surface area (TPSA) is 0 Å². The molecule has 0 heterocycles. The summed E-state index contributed by atoms with van der Waals surface area (Å²) in [6.07, 6.45) is 7.36. The van der Waals surface area contributed by atoms with Gasteiger partial charge in [-0.15, -0.1) is 0 Å². The Morgan fingerprint density at radius 1 is 1.33 bits per heavy atom. The zero-order valence-electron chi connectivity index (χ0n) is 6.12. The number of hydrogen-bond acceptors (Lipinski definition) is 0. The van der Waals surface area contributed by atoms with Gasteiger partial charge in [0.25, 0.3) is 0 Å². The van der Waals surface area contributed by atoms with Gasteiger partial charge in [0.15, 0.2) is 0 Å². The smallest absolute Gasteiger partial charge is 0.0000454 e. The van der Waals surface area contributed by atoms with Crippen molar-refractivity contribution in [3.8, 4) is 0 Å². The molecule has 0 N–H and O–H groups in total. The summed E-state index contributed by atoms with van der Waals surface area (Å²) in [4.78, 5) is 0. The third-order valence-corrected chi connectivity index (χ3v) is 3.05. The van der Waals surface area contributed by atoms with E-state index < -0.39 is 0 Å². The van der Waals surface area contributed by atoms with Gasteiger partial charge in [-0.2, -0.15) is 0 Å². The molecule has 1 aliphatic carbocycles. The zero-order valence-corrected chi connectivity index (χ0v) is 8.28. The number of hydrogen-bond donors (Lipinski definition) is 0. The maximum Gasteiger partial charge on any atom is 0.0000454 e. The molecule has 1 rings (SSSR count). The van der Waals surface area contributed by atoms with E-state index in [0.29, 0.717) is 0 Å². The molecule has 0 unspecified atom stereocenters. The van der Waals surface area contributed by atoms with Crippen molar-refractivity contribution in [3.05, 3.63) is 0 Å². The second-order valence-electron chi connectivity index (χ2n) is 3.46. The number of alkyl halides is 1. The van der Waals surface area contributed by atoms with E-state index in [4.69, 9.17) is 0 Å². The monoisotopic (exact) mass is 238 g/mol. The molecule has 0 bridgehead atoms. The quantitative estimate of drug-likeness (QED) is 0.511. The molecule has 54 valence electrons. The lowest BCUT2D eigenvalue weighted by molar-refractivity contribution is 0.329. The van der Waals surface area contributed by atoms with Crippen LogP contribution in [0.25, 0.3) is 0 Å². The molecule has 0 aliphatic heterocycles. The normalized spacial score (nSPS) is 24.7. The third-order valence-electron chi connectivity index (χ3n) is 2.51. The summed E-state index contributed by atoms with van der Waals surface area (Å²) in [6, 6.07) is 0. The Morgan fingerprint density at radius 2 is 1.89 bits per heavy atom. The number of rotatable bonds is 2. The maximum atomic E-state index is 2.49. The molecular formula is C8H15I.